The van der Waals surface area contributed by atoms with Crippen molar-refractivity contribution in [3.8, 4) is 0 Å². The molecule has 0 saturated carbocycles. The molecule has 3 heteroatoms. The summed E-state index contributed by atoms with van der Waals surface area (Å²) in [5.41, 5.74) is 0.252. The second-order valence-electron chi connectivity index (χ2n) is 5.12. The molecule has 2 saturated heterocycles. The Morgan fingerprint density at radius 1 is 1.57 bits per heavy atom. The van der Waals surface area contributed by atoms with Crippen molar-refractivity contribution in [2.45, 2.75) is 44.3 Å². The lowest BCUT2D eigenvalue weighted by Gasteiger charge is -2.42. The van der Waals surface area contributed by atoms with Gasteiger partial charge in [-0.3, -0.25) is 4.90 Å². The number of nitrogens with one attached hydrogen (secondary N) is 1. The highest BCUT2D eigenvalue weighted by Gasteiger charge is 2.44. The van der Waals surface area contributed by atoms with E-state index in [9.17, 15) is 0 Å². The predicted molar refractivity (Wildman–Crippen MR) is 57.5 cm³/mol. The number of methoxy groups -OCH3 is 1. The van der Waals surface area contributed by atoms with Gasteiger partial charge in [-0.15, -0.1) is 0 Å². The molecule has 2 aliphatic rings. The monoisotopic (exact) mass is 198 g/mol. The van der Waals surface area contributed by atoms with Crippen LogP contribution in [0.2, 0.25) is 0 Å². The zero-order valence-corrected chi connectivity index (χ0v) is 9.55. The van der Waals surface area contributed by atoms with Crippen molar-refractivity contribution in [3.63, 3.8) is 0 Å². The summed E-state index contributed by atoms with van der Waals surface area (Å²) in [6, 6.07) is 1.36. The van der Waals surface area contributed by atoms with Gasteiger partial charge in [0.25, 0.3) is 0 Å². The number of fused-ring (bicyclic) bond motifs is 2. The molecule has 0 aromatic rings. The number of ether oxygens (including phenoxy) is 1. The highest BCUT2D eigenvalue weighted by Crippen LogP contribution is 2.30. The van der Waals surface area contributed by atoms with Crippen molar-refractivity contribution in [1.82, 2.24) is 10.2 Å². The molecule has 2 atom stereocenters. The summed E-state index contributed by atoms with van der Waals surface area (Å²) in [6.07, 6.45) is 2.58. The summed E-state index contributed by atoms with van der Waals surface area (Å²) in [4.78, 5) is 2.58. The van der Waals surface area contributed by atoms with E-state index in [4.69, 9.17) is 4.74 Å². The third kappa shape index (κ3) is 1.81. The van der Waals surface area contributed by atoms with Crippen molar-refractivity contribution >= 4 is 0 Å². The van der Waals surface area contributed by atoms with E-state index in [1.165, 1.54) is 19.4 Å². The molecule has 2 unspecified atom stereocenters. The molecule has 2 bridgehead atoms. The number of rotatable bonds is 3. The molecule has 0 spiro atoms. The molecular weight excluding hydrogens is 176 g/mol. The number of hydrogen-bond acceptors (Lipinski definition) is 3. The Bertz CT molecular complexity index is 203. The molecule has 2 fully saturated rings. The Kier molecular flexibility index (Phi) is 2.82. The van der Waals surface area contributed by atoms with Crippen LogP contribution in [0.4, 0.5) is 0 Å². The van der Waals surface area contributed by atoms with Crippen LogP contribution in [-0.4, -0.2) is 49.3 Å². The van der Waals surface area contributed by atoms with Crippen LogP contribution in [0, 0.1) is 0 Å². The van der Waals surface area contributed by atoms with Gasteiger partial charge in [-0.2, -0.15) is 0 Å². The average Bonchev–Trinajstić information content (AvgIpc) is 2.42. The van der Waals surface area contributed by atoms with Crippen molar-refractivity contribution in [1.29, 1.82) is 0 Å². The molecule has 2 rings (SSSR count). The zero-order valence-electron chi connectivity index (χ0n) is 9.55. The topological polar surface area (TPSA) is 24.5 Å². The minimum atomic E-state index is 0.252. The highest BCUT2D eigenvalue weighted by molar-refractivity contribution is 5.05. The van der Waals surface area contributed by atoms with Crippen LogP contribution in [-0.2, 0) is 4.74 Å². The molecule has 2 aliphatic heterocycles. The fraction of sp³-hybridized carbons (Fsp3) is 1.00. The molecule has 3 nitrogen and oxygen atoms in total. The van der Waals surface area contributed by atoms with Gasteiger partial charge in [0.1, 0.15) is 0 Å². The molecule has 0 amide bonds. The quantitative estimate of drug-likeness (QED) is 0.727. The van der Waals surface area contributed by atoms with Crippen LogP contribution in [0.25, 0.3) is 0 Å². The molecule has 2 heterocycles. The fourth-order valence-corrected chi connectivity index (χ4v) is 2.86. The fourth-order valence-electron chi connectivity index (χ4n) is 2.86. The average molecular weight is 198 g/mol. The van der Waals surface area contributed by atoms with Gasteiger partial charge in [0, 0.05) is 32.3 Å². The molecule has 14 heavy (non-hydrogen) atoms. The Labute approximate surface area is 86.8 Å². The number of likely N-dealkylation sites (tertiary alicyclic amines) is 1. The first kappa shape index (κ1) is 10.4. The van der Waals surface area contributed by atoms with E-state index in [-0.39, 0.29) is 5.54 Å². The zero-order chi connectivity index (χ0) is 10.2. The molecule has 0 aliphatic carbocycles. The third-order valence-electron chi connectivity index (χ3n) is 3.59. The number of piperazine rings is 1. The Morgan fingerprint density at radius 2 is 2.36 bits per heavy atom. The van der Waals surface area contributed by atoms with Crippen LogP contribution >= 0.6 is 0 Å². The van der Waals surface area contributed by atoms with E-state index in [0.29, 0.717) is 12.1 Å². The highest BCUT2D eigenvalue weighted by atomic mass is 16.5. The van der Waals surface area contributed by atoms with Gasteiger partial charge in [0.2, 0.25) is 0 Å². The predicted octanol–water partition coefficient (Wildman–Crippen LogP) is 0.848. The van der Waals surface area contributed by atoms with Gasteiger partial charge < -0.3 is 10.1 Å². The van der Waals surface area contributed by atoms with Gasteiger partial charge in [-0.25, -0.2) is 0 Å². The summed E-state index contributed by atoms with van der Waals surface area (Å²) in [5, 5.41) is 3.72. The van der Waals surface area contributed by atoms with Crippen LogP contribution in [0.1, 0.15) is 26.7 Å². The van der Waals surface area contributed by atoms with Gasteiger partial charge in [0.15, 0.2) is 0 Å². The Balaban J connectivity index is 2.05. The summed E-state index contributed by atoms with van der Waals surface area (Å²) >= 11 is 0. The molecule has 1 N–H and O–H groups in total. The Morgan fingerprint density at radius 3 is 3.00 bits per heavy atom. The summed E-state index contributed by atoms with van der Waals surface area (Å²) < 4.78 is 5.34. The lowest BCUT2D eigenvalue weighted by Crippen LogP contribution is -2.62. The lowest BCUT2D eigenvalue weighted by atomic mass is 9.97. The minimum Gasteiger partial charge on any atom is -0.383 e. The van der Waals surface area contributed by atoms with Gasteiger partial charge in [-0.05, 0) is 26.7 Å². The summed E-state index contributed by atoms with van der Waals surface area (Å²) in [6.45, 7) is 7.78. The molecule has 0 aromatic heterocycles. The van der Waals surface area contributed by atoms with E-state index in [0.717, 1.165) is 13.2 Å². The van der Waals surface area contributed by atoms with Crippen molar-refractivity contribution < 1.29 is 4.74 Å². The van der Waals surface area contributed by atoms with Crippen molar-refractivity contribution in [2.24, 2.45) is 0 Å². The summed E-state index contributed by atoms with van der Waals surface area (Å²) in [7, 11) is 1.80. The number of hydrogen-bond donors (Lipinski definition) is 1. The maximum Gasteiger partial charge on any atom is 0.0657 e. The van der Waals surface area contributed by atoms with E-state index in [1.807, 2.05) is 0 Å². The van der Waals surface area contributed by atoms with E-state index < -0.39 is 0 Å². The first-order valence-corrected chi connectivity index (χ1v) is 5.66. The van der Waals surface area contributed by atoms with Crippen LogP contribution < -0.4 is 5.32 Å². The molecule has 0 radical (unpaired) electrons. The van der Waals surface area contributed by atoms with Gasteiger partial charge in [-0.1, -0.05) is 0 Å². The third-order valence-corrected chi connectivity index (χ3v) is 3.59. The normalized spacial score (nSPS) is 38.1. The smallest absolute Gasteiger partial charge is 0.0657 e. The van der Waals surface area contributed by atoms with Gasteiger partial charge >= 0.3 is 0 Å². The first-order chi connectivity index (χ1) is 6.65. The first-order valence-electron chi connectivity index (χ1n) is 5.66. The van der Waals surface area contributed by atoms with E-state index >= 15 is 0 Å². The van der Waals surface area contributed by atoms with E-state index in [2.05, 4.69) is 24.1 Å². The van der Waals surface area contributed by atoms with E-state index in [1.54, 1.807) is 7.11 Å². The largest absolute Gasteiger partial charge is 0.383 e. The SMILES string of the molecule is COCC12CCC(CN(C(C)C)C1)N2. The van der Waals surface area contributed by atoms with Crippen molar-refractivity contribution in [2.75, 3.05) is 26.8 Å². The second-order valence-corrected chi connectivity index (χ2v) is 5.12. The Hall–Kier alpha value is -0.120. The van der Waals surface area contributed by atoms with Crippen LogP contribution in [0.3, 0.4) is 0 Å². The second kappa shape index (κ2) is 3.80. The molecule has 82 valence electrons. The molecular formula is C11H22N2O. The minimum absolute atomic E-state index is 0.252. The summed E-state index contributed by atoms with van der Waals surface area (Å²) in [5.74, 6) is 0. The lowest BCUT2D eigenvalue weighted by molar-refractivity contribution is 0.0487. The number of nitrogens with zero attached hydrogens (tertiary/aromatic N) is 1. The van der Waals surface area contributed by atoms with Gasteiger partial charge in [0.05, 0.1) is 12.1 Å². The maximum atomic E-state index is 5.34. The van der Waals surface area contributed by atoms with Crippen LogP contribution in [0.5, 0.6) is 0 Å². The maximum absolute atomic E-state index is 5.34. The van der Waals surface area contributed by atoms with Crippen molar-refractivity contribution in [3.05, 3.63) is 0 Å². The molecule has 0 aromatic carbocycles. The van der Waals surface area contributed by atoms with Crippen LogP contribution in [0.15, 0.2) is 0 Å². The standard InChI is InChI=1S/C11H22N2O/c1-9(2)13-6-10-4-5-11(7-13,12-10)8-14-3/h9-10,12H,4-8H2,1-3H3.